The lowest BCUT2D eigenvalue weighted by atomic mass is 9.87. The highest BCUT2D eigenvalue weighted by Gasteiger charge is 2.12. The first kappa shape index (κ1) is 14.6. The Hall–Kier alpha value is -2.34. The van der Waals surface area contributed by atoms with E-state index >= 15 is 0 Å². The molecule has 0 aliphatic rings. The summed E-state index contributed by atoms with van der Waals surface area (Å²) in [6.45, 7) is 4.55. The largest absolute Gasteiger partial charge is 0.0622 e. The maximum atomic E-state index is 2.30. The van der Waals surface area contributed by atoms with Crippen molar-refractivity contribution >= 4 is 0 Å². The Morgan fingerprint density at radius 2 is 1.36 bits per heavy atom. The minimum absolute atomic E-state index is 0.428. The predicted octanol–water partition coefficient (Wildman–Crippen LogP) is 5.74. The van der Waals surface area contributed by atoms with E-state index in [2.05, 4.69) is 92.7 Å². The van der Waals surface area contributed by atoms with Crippen LogP contribution in [-0.2, 0) is 6.42 Å². The second kappa shape index (κ2) is 6.62. The quantitative estimate of drug-likeness (QED) is 0.574. The summed E-state index contributed by atoms with van der Waals surface area (Å²) in [7, 11) is 0. The smallest absolute Gasteiger partial charge is 0.00637 e. The van der Waals surface area contributed by atoms with E-state index in [1.165, 1.54) is 27.8 Å². The molecule has 110 valence electrons. The van der Waals surface area contributed by atoms with Crippen molar-refractivity contribution in [2.75, 3.05) is 0 Å². The SMILES string of the molecule is Cc1c(Cc2ccccc2)cccc1C(C)c1ccccc1. The summed E-state index contributed by atoms with van der Waals surface area (Å²) < 4.78 is 0. The molecule has 1 unspecified atom stereocenters. The van der Waals surface area contributed by atoms with E-state index < -0.39 is 0 Å². The van der Waals surface area contributed by atoms with Gasteiger partial charge in [-0.2, -0.15) is 0 Å². The lowest BCUT2D eigenvalue weighted by molar-refractivity contribution is 0.902. The summed E-state index contributed by atoms with van der Waals surface area (Å²) >= 11 is 0. The maximum Gasteiger partial charge on any atom is 0.00637 e. The highest BCUT2D eigenvalue weighted by atomic mass is 14.2. The monoisotopic (exact) mass is 286 g/mol. The van der Waals surface area contributed by atoms with Gasteiger partial charge in [-0.05, 0) is 41.2 Å². The Bertz CT molecular complexity index is 727. The highest BCUT2D eigenvalue weighted by Crippen LogP contribution is 2.29. The molecule has 3 aromatic rings. The van der Waals surface area contributed by atoms with Gasteiger partial charge in [-0.3, -0.25) is 0 Å². The molecular formula is C22H22. The molecule has 0 amide bonds. The van der Waals surface area contributed by atoms with E-state index in [-0.39, 0.29) is 0 Å². The molecule has 0 saturated heterocycles. The van der Waals surface area contributed by atoms with Gasteiger partial charge in [-0.25, -0.2) is 0 Å². The van der Waals surface area contributed by atoms with E-state index in [4.69, 9.17) is 0 Å². The van der Waals surface area contributed by atoms with E-state index in [1.807, 2.05) is 0 Å². The molecule has 0 radical (unpaired) electrons. The highest BCUT2D eigenvalue weighted by molar-refractivity contribution is 5.42. The Morgan fingerprint density at radius 1 is 0.727 bits per heavy atom. The molecule has 0 aliphatic heterocycles. The van der Waals surface area contributed by atoms with Crippen LogP contribution in [0.3, 0.4) is 0 Å². The van der Waals surface area contributed by atoms with Crippen LogP contribution in [0.15, 0.2) is 78.9 Å². The molecule has 0 aromatic heterocycles. The fourth-order valence-corrected chi connectivity index (χ4v) is 3.10. The third-order valence-electron chi connectivity index (χ3n) is 4.49. The molecule has 0 aliphatic carbocycles. The molecule has 22 heavy (non-hydrogen) atoms. The van der Waals surface area contributed by atoms with Crippen LogP contribution in [-0.4, -0.2) is 0 Å². The van der Waals surface area contributed by atoms with Gasteiger partial charge >= 0.3 is 0 Å². The molecular weight excluding hydrogens is 264 g/mol. The van der Waals surface area contributed by atoms with Gasteiger partial charge in [-0.15, -0.1) is 0 Å². The molecule has 0 bridgehead atoms. The summed E-state index contributed by atoms with van der Waals surface area (Å²) in [4.78, 5) is 0. The van der Waals surface area contributed by atoms with Gasteiger partial charge in [0.2, 0.25) is 0 Å². The van der Waals surface area contributed by atoms with Crippen LogP contribution in [0.4, 0.5) is 0 Å². The van der Waals surface area contributed by atoms with Gasteiger partial charge in [0.15, 0.2) is 0 Å². The standard InChI is InChI=1S/C22H22/c1-17(20-12-7-4-8-13-20)22-15-9-14-21(18(22)2)16-19-10-5-3-6-11-19/h3-15,17H,16H2,1-2H3. The topological polar surface area (TPSA) is 0 Å². The second-order valence-corrected chi connectivity index (χ2v) is 5.93. The van der Waals surface area contributed by atoms with E-state index in [1.54, 1.807) is 0 Å². The van der Waals surface area contributed by atoms with Gasteiger partial charge in [0, 0.05) is 5.92 Å². The maximum absolute atomic E-state index is 2.30. The van der Waals surface area contributed by atoms with Gasteiger partial charge in [0.05, 0.1) is 0 Å². The van der Waals surface area contributed by atoms with Crippen molar-refractivity contribution in [2.24, 2.45) is 0 Å². The van der Waals surface area contributed by atoms with E-state index in [0.717, 1.165) is 6.42 Å². The van der Waals surface area contributed by atoms with Crippen molar-refractivity contribution in [2.45, 2.75) is 26.2 Å². The fraction of sp³-hybridized carbons (Fsp3) is 0.182. The summed E-state index contributed by atoms with van der Waals surface area (Å²) in [5.74, 6) is 0.428. The molecule has 0 heterocycles. The first-order valence-electron chi connectivity index (χ1n) is 7.93. The van der Waals surface area contributed by atoms with Crippen molar-refractivity contribution in [3.05, 3.63) is 107 Å². The van der Waals surface area contributed by atoms with Crippen LogP contribution < -0.4 is 0 Å². The first-order chi connectivity index (χ1) is 10.8. The van der Waals surface area contributed by atoms with Crippen LogP contribution >= 0.6 is 0 Å². The Labute approximate surface area is 133 Å². The zero-order chi connectivity index (χ0) is 15.4. The Balaban J connectivity index is 1.92. The molecule has 0 saturated carbocycles. The number of hydrogen-bond donors (Lipinski definition) is 0. The first-order valence-corrected chi connectivity index (χ1v) is 7.93. The lowest BCUT2D eigenvalue weighted by Crippen LogP contribution is -2.02. The third-order valence-corrected chi connectivity index (χ3v) is 4.49. The van der Waals surface area contributed by atoms with Crippen molar-refractivity contribution in [1.29, 1.82) is 0 Å². The molecule has 0 spiro atoms. The molecule has 1 atom stereocenters. The van der Waals surface area contributed by atoms with E-state index in [9.17, 15) is 0 Å². The van der Waals surface area contributed by atoms with Crippen molar-refractivity contribution in [3.63, 3.8) is 0 Å². The normalized spacial score (nSPS) is 12.1. The molecule has 0 N–H and O–H groups in total. The fourth-order valence-electron chi connectivity index (χ4n) is 3.10. The van der Waals surface area contributed by atoms with Crippen LogP contribution in [0.2, 0.25) is 0 Å². The van der Waals surface area contributed by atoms with Crippen molar-refractivity contribution in [3.8, 4) is 0 Å². The second-order valence-electron chi connectivity index (χ2n) is 5.93. The molecule has 3 rings (SSSR count). The summed E-state index contributed by atoms with van der Waals surface area (Å²) in [5.41, 5.74) is 7.02. The zero-order valence-electron chi connectivity index (χ0n) is 13.3. The zero-order valence-corrected chi connectivity index (χ0v) is 13.3. The molecule has 0 fully saturated rings. The summed E-state index contributed by atoms with van der Waals surface area (Å²) in [6, 6.07) is 28.2. The number of rotatable bonds is 4. The summed E-state index contributed by atoms with van der Waals surface area (Å²) in [6.07, 6.45) is 1.00. The average Bonchev–Trinajstić information content (AvgIpc) is 2.58. The Kier molecular flexibility index (Phi) is 4.39. The van der Waals surface area contributed by atoms with Crippen LogP contribution in [0, 0.1) is 6.92 Å². The van der Waals surface area contributed by atoms with Gasteiger partial charge < -0.3 is 0 Å². The number of hydrogen-bond acceptors (Lipinski definition) is 0. The minimum Gasteiger partial charge on any atom is -0.0622 e. The van der Waals surface area contributed by atoms with Crippen LogP contribution in [0.1, 0.15) is 40.7 Å². The minimum atomic E-state index is 0.428. The molecule has 3 aromatic carbocycles. The van der Waals surface area contributed by atoms with Gasteiger partial charge in [0.1, 0.15) is 0 Å². The van der Waals surface area contributed by atoms with Crippen LogP contribution in [0.25, 0.3) is 0 Å². The molecule has 0 nitrogen and oxygen atoms in total. The van der Waals surface area contributed by atoms with Gasteiger partial charge in [-0.1, -0.05) is 85.8 Å². The van der Waals surface area contributed by atoms with Crippen LogP contribution in [0.5, 0.6) is 0 Å². The Morgan fingerprint density at radius 3 is 2.05 bits per heavy atom. The lowest BCUT2D eigenvalue weighted by Gasteiger charge is -2.18. The van der Waals surface area contributed by atoms with Crippen molar-refractivity contribution in [1.82, 2.24) is 0 Å². The molecule has 0 heteroatoms. The van der Waals surface area contributed by atoms with Crippen molar-refractivity contribution < 1.29 is 0 Å². The van der Waals surface area contributed by atoms with E-state index in [0.29, 0.717) is 5.92 Å². The summed E-state index contributed by atoms with van der Waals surface area (Å²) in [5, 5.41) is 0. The third kappa shape index (κ3) is 3.12. The number of benzene rings is 3. The average molecular weight is 286 g/mol. The predicted molar refractivity (Wildman–Crippen MR) is 94.4 cm³/mol. The van der Waals surface area contributed by atoms with Gasteiger partial charge in [0.25, 0.3) is 0 Å².